The SMILES string of the molecule is N#Cc1cccc(COC2CCCC2CN)c1F. The summed E-state index contributed by atoms with van der Waals surface area (Å²) in [6.07, 6.45) is 3.32. The molecule has 2 atom stereocenters. The first-order valence-electron chi connectivity index (χ1n) is 6.25. The zero-order valence-electron chi connectivity index (χ0n) is 10.2. The van der Waals surface area contributed by atoms with Crippen LogP contribution in [-0.4, -0.2) is 12.6 Å². The molecule has 0 aliphatic heterocycles. The first-order chi connectivity index (χ1) is 8.76. The van der Waals surface area contributed by atoms with E-state index in [1.54, 1.807) is 12.1 Å². The van der Waals surface area contributed by atoms with Crippen LogP contribution in [0.3, 0.4) is 0 Å². The molecular weight excluding hydrogens is 231 g/mol. The van der Waals surface area contributed by atoms with Crippen molar-refractivity contribution in [3.05, 3.63) is 35.1 Å². The van der Waals surface area contributed by atoms with Crippen LogP contribution >= 0.6 is 0 Å². The lowest BCUT2D eigenvalue weighted by molar-refractivity contribution is 0.0169. The largest absolute Gasteiger partial charge is 0.373 e. The fourth-order valence-corrected chi connectivity index (χ4v) is 2.47. The van der Waals surface area contributed by atoms with Gasteiger partial charge in [0, 0.05) is 5.56 Å². The second kappa shape index (κ2) is 5.94. The molecule has 0 amide bonds. The van der Waals surface area contributed by atoms with Crippen LogP contribution < -0.4 is 5.73 Å². The zero-order valence-corrected chi connectivity index (χ0v) is 10.2. The van der Waals surface area contributed by atoms with Crippen LogP contribution in [0, 0.1) is 23.1 Å². The van der Waals surface area contributed by atoms with Gasteiger partial charge in [0.25, 0.3) is 0 Å². The van der Waals surface area contributed by atoms with Crippen LogP contribution in [0.25, 0.3) is 0 Å². The maximum absolute atomic E-state index is 13.8. The van der Waals surface area contributed by atoms with E-state index in [1.165, 1.54) is 6.07 Å². The predicted octanol–water partition coefficient (Wildman–Crippen LogP) is 2.34. The van der Waals surface area contributed by atoms with Crippen molar-refractivity contribution < 1.29 is 9.13 Å². The molecule has 1 aliphatic rings. The first-order valence-corrected chi connectivity index (χ1v) is 6.25. The van der Waals surface area contributed by atoms with Crippen molar-refractivity contribution in [3.8, 4) is 6.07 Å². The van der Waals surface area contributed by atoms with E-state index >= 15 is 0 Å². The van der Waals surface area contributed by atoms with Gasteiger partial charge in [-0.15, -0.1) is 0 Å². The lowest BCUT2D eigenvalue weighted by Crippen LogP contribution is -2.25. The maximum Gasteiger partial charge on any atom is 0.146 e. The molecule has 1 aliphatic carbocycles. The number of hydrogen-bond donors (Lipinski definition) is 1. The third kappa shape index (κ3) is 2.69. The van der Waals surface area contributed by atoms with Crippen LogP contribution in [0.15, 0.2) is 18.2 Å². The Balaban J connectivity index is 2.00. The van der Waals surface area contributed by atoms with Gasteiger partial charge in [-0.2, -0.15) is 5.26 Å². The second-order valence-corrected chi connectivity index (χ2v) is 4.67. The minimum Gasteiger partial charge on any atom is -0.373 e. The molecule has 2 N–H and O–H groups in total. The highest BCUT2D eigenvalue weighted by molar-refractivity contribution is 5.34. The summed E-state index contributed by atoms with van der Waals surface area (Å²) in [5.41, 5.74) is 6.18. The highest BCUT2D eigenvalue weighted by Gasteiger charge is 2.26. The number of nitriles is 1. The second-order valence-electron chi connectivity index (χ2n) is 4.67. The Kier molecular flexibility index (Phi) is 4.29. The van der Waals surface area contributed by atoms with E-state index in [0.717, 1.165) is 19.3 Å². The summed E-state index contributed by atoms with van der Waals surface area (Å²) in [6, 6.07) is 6.63. The molecular formula is C14H17FN2O. The van der Waals surface area contributed by atoms with E-state index in [1.807, 2.05) is 6.07 Å². The van der Waals surface area contributed by atoms with Crippen LogP contribution in [0.2, 0.25) is 0 Å². The molecule has 0 bridgehead atoms. The molecule has 0 aromatic heterocycles. The average Bonchev–Trinajstić information content (AvgIpc) is 2.85. The minimum atomic E-state index is -0.470. The number of rotatable bonds is 4. The third-order valence-corrected chi connectivity index (χ3v) is 3.54. The summed E-state index contributed by atoms with van der Waals surface area (Å²) < 4.78 is 19.5. The van der Waals surface area contributed by atoms with E-state index in [9.17, 15) is 4.39 Å². The molecule has 0 spiro atoms. The summed E-state index contributed by atoms with van der Waals surface area (Å²) in [5.74, 6) is -0.0884. The van der Waals surface area contributed by atoms with Crippen molar-refractivity contribution in [1.82, 2.24) is 0 Å². The molecule has 0 heterocycles. The fourth-order valence-electron chi connectivity index (χ4n) is 2.47. The molecule has 18 heavy (non-hydrogen) atoms. The standard InChI is InChI=1S/C14H17FN2O/c15-14-11(8-17)4-1-5-12(14)9-18-13-6-2-3-10(13)7-16/h1,4-5,10,13H,2-3,6-7,9,16H2. The number of halogens is 1. The van der Waals surface area contributed by atoms with E-state index in [4.69, 9.17) is 15.7 Å². The van der Waals surface area contributed by atoms with Crippen molar-refractivity contribution in [3.63, 3.8) is 0 Å². The molecule has 2 rings (SSSR count). The smallest absolute Gasteiger partial charge is 0.146 e. The van der Waals surface area contributed by atoms with E-state index in [0.29, 0.717) is 18.0 Å². The van der Waals surface area contributed by atoms with Gasteiger partial charge in [0.15, 0.2) is 0 Å². The molecule has 3 nitrogen and oxygen atoms in total. The zero-order chi connectivity index (χ0) is 13.0. The summed E-state index contributed by atoms with van der Waals surface area (Å²) in [7, 11) is 0. The quantitative estimate of drug-likeness (QED) is 0.889. The van der Waals surface area contributed by atoms with Crippen molar-refractivity contribution >= 4 is 0 Å². The van der Waals surface area contributed by atoms with Gasteiger partial charge >= 0.3 is 0 Å². The monoisotopic (exact) mass is 248 g/mol. The normalized spacial score (nSPS) is 22.9. The predicted molar refractivity (Wildman–Crippen MR) is 66.1 cm³/mol. The topological polar surface area (TPSA) is 59.0 Å². The van der Waals surface area contributed by atoms with Crippen LogP contribution in [0.1, 0.15) is 30.4 Å². The molecule has 0 radical (unpaired) electrons. The first kappa shape index (κ1) is 13.0. The average molecular weight is 248 g/mol. The number of nitrogens with two attached hydrogens (primary N) is 1. The van der Waals surface area contributed by atoms with Crippen molar-refractivity contribution in [2.24, 2.45) is 11.7 Å². The van der Waals surface area contributed by atoms with Gasteiger partial charge in [-0.25, -0.2) is 4.39 Å². The van der Waals surface area contributed by atoms with Crippen molar-refractivity contribution in [2.75, 3.05) is 6.54 Å². The van der Waals surface area contributed by atoms with Gasteiger partial charge in [0.05, 0.1) is 18.3 Å². The van der Waals surface area contributed by atoms with E-state index in [-0.39, 0.29) is 18.3 Å². The summed E-state index contributed by atoms with van der Waals surface area (Å²) in [4.78, 5) is 0. The minimum absolute atomic E-state index is 0.0675. The molecule has 1 fully saturated rings. The molecule has 0 saturated heterocycles. The highest BCUT2D eigenvalue weighted by Crippen LogP contribution is 2.28. The Labute approximate surface area is 106 Å². The van der Waals surface area contributed by atoms with Crippen LogP contribution in [0.5, 0.6) is 0 Å². The van der Waals surface area contributed by atoms with Gasteiger partial charge in [-0.05, 0) is 31.4 Å². The Bertz CT molecular complexity index is 456. The molecule has 1 saturated carbocycles. The Morgan fingerprint density at radius 3 is 3.00 bits per heavy atom. The Morgan fingerprint density at radius 2 is 2.28 bits per heavy atom. The number of ether oxygens (including phenoxy) is 1. The molecule has 1 aromatic rings. The lowest BCUT2D eigenvalue weighted by Gasteiger charge is -2.18. The number of nitrogens with zero attached hydrogens (tertiary/aromatic N) is 1. The number of hydrogen-bond acceptors (Lipinski definition) is 3. The highest BCUT2D eigenvalue weighted by atomic mass is 19.1. The summed E-state index contributed by atoms with van der Waals surface area (Å²) >= 11 is 0. The Hall–Kier alpha value is -1.44. The Morgan fingerprint density at radius 1 is 1.44 bits per heavy atom. The van der Waals surface area contributed by atoms with Gasteiger partial charge in [0.2, 0.25) is 0 Å². The molecule has 96 valence electrons. The van der Waals surface area contributed by atoms with Gasteiger partial charge < -0.3 is 10.5 Å². The van der Waals surface area contributed by atoms with Crippen molar-refractivity contribution in [1.29, 1.82) is 5.26 Å². The van der Waals surface area contributed by atoms with E-state index < -0.39 is 5.82 Å². The molecule has 4 heteroatoms. The van der Waals surface area contributed by atoms with Gasteiger partial charge in [-0.3, -0.25) is 0 Å². The fraction of sp³-hybridized carbons (Fsp3) is 0.500. The van der Waals surface area contributed by atoms with Crippen LogP contribution in [-0.2, 0) is 11.3 Å². The number of benzene rings is 1. The van der Waals surface area contributed by atoms with Crippen molar-refractivity contribution in [2.45, 2.75) is 32.0 Å². The maximum atomic E-state index is 13.8. The third-order valence-electron chi connectivity index (χ3n) is 3.54. The van der Waals surface area contributed by atoms with E-state index in [2.05, 4.69) is 0 Å². The summed E-state index contributed by atoms with van der Waals surface area (Å²) in [5, 5.41) is 8.76. The summed E-state index contributed by atoms with van der Waals surface area (Å²) in [6.45, 7) is 0.827. The van der Waals surface area contributed by atoms with Crippen LogP contribution in [0.4, 0.5) is 4.39 Å². The van der Waals surface area contributed by atoms with Gasteiger partial charge in [-0.1, -0.05) is 18.6 Å². The molecule has 1 aromatic carbocycles. The lowest BCUT2D eigenvalue weighted by atomic mass is 10.1. The molecule has 2 unspecified atom stereocenters. The van der Waals surface area contributed by atoms with Gasteiger partial charge in [0.1, 0.15) is 11.9 Å².